The highest BCUT2D eigenvalue weighted by molar-refractivity contribution is 4.58. The summed E-state index contributed by atoms with van der Waals surface area (Å²) in [5.41, 5.74) is 0. The molecule has 0 aliphatic heterocycles. The largest absolute Gasteiger partial charge is 0.395 e. The van der Waals surface area contributed by atoms with Crippen molar-refractivity contribution < 1.29 is 14.9 Å². The normalized spacial score (nSPS) is 13.8. The molecular weight excluding hydrogens is 158 g/mol. The van der Waals surface area contributed by atoms with Crippen molar-refractivity contribution in [2.75, 3.05) is 26.3 Å². The van der Waals surface area contributed by atoms with Gasteiger partial charge in [0.05, 0.1) is 25.4 Å². The summed E-state index contributed by atoms with van der Waals surface area (Å²) in [6, 6.07) is 0. The van der Waals surface area contributed by atoms with Gasteiger partial charge in [0.15, 0.2) is 0 Å². The molecule has 0 fully saturated rings. The molecule has 0 saturated carbocycles. The lowest BCUT2D eigenvalue weighted by Crippen LogP contribution is -2.32. The molecule has 0 rings (SSSR count). The number of nitrogens with one attached hydrogen (secondary N) is 1. The predicted molar refractivity (Wildman–Crippen MR) is 47.1 cm³/mol. The lowest BCUT2D eigenvalue weighted by Gasteiger charge is -2.13. The molecule has 4 heteroatoms. The molecule has 0 heterocycles. The standard InChI is InChI=1S/C8H19NO3/c1-7(2)12-6-8(11)5-9-3-4-10/h7-11H,3-6H2,1-2H3. The maximum atomic E-state index is 9.26. The van der Waals surface area contributed by atoms with E-state index in [1.54, 1.807) is 0 Å². The van der Waals surface area contributed by atoms with E-state index in [9.17, 15) is 5.11 Å². The summed E-state index contributed by atoms with van der Waals surface area (Å²) in [5.74, 6) is 0. The highest BCUT2D eigenvalue weighted by atomic mass is 16.5. The van der Waals surface area contributed by atoms with E-state index in [-0.39, 0.29) is 12.7 Å². The molecule has 0 aliphatic rings. The van der Waals surface area contributed by atoms with Crippen LogP contribution in [-0.4, -0.2) is 48.7 Å². The van der Waals surface area contributed by atoms with Crippen LogP contribution in [0, 0.1) is 0 Å². The van der Waals surface area contributed by atoms with Crippen LogP contribution in [0.1, 0.15) is 13.8 Å². The molecular formula is C8H19NO3. The molecule has 0 aromatic rings. The van der Waals surface area contributed by atoms with Gasteiger partial charge in [-0.2, -0.15) is 0 Å². The highest BCUT2D eigenvalue weighted by Crippen LogP contribution is 1.90. The second-order valence-electron chi connectivity index (χ2n) is 2.96. The summed E-state index contributed by atoms with van der Waals surface area (Å²) in [5, 5.41) is 20.6. The van der Waals surface area contributed by atoms with Crippen LogP contribution in [0.4, 0.5) is 0 Å². The zero-order valence-corrected chi connectivity index (χ0v) is 7.79. The van der Waals surface area contributed by atoms with Gasteiger partial charge >= 0.3 is 0 Å². The lowest BCUT2D eigenvalue weighted by molar-refractivity contribution is 0.00617. The molecule has 12 heavy (non-hydrogen) atoms. The van der Waals surface area contributed by atoms with E-state index in [4.69, 9.17) is 9.84 Å². The van der Waals surface area contributed by atoms with Crippen LogP contribution in [0.2, 0.25) is 0 Å². The van der Waals surface area contributed by atoms with E-state index in [1.807, 2.05) is 13.8 Å². The van der Waals surface area contributed by atoms with Crippen molar-refractivity contribution >= 4 is 0 Å². The molecule has 0 saturated heterocycles. The van der Waals surface area contributed by atoms with Crippen LogP contribution < -0.4 is 5.32 Å². The quantitative estimate of drug-likeness (QED) is 0.452. The SMILES string of the molecule is CC(C)OCC(O)CNCCO. The molecule has 3 N–H and O–H groups in total. The summed E-state index contributed by atoms with van der Waals surface area (Å²) in [7, 11) is 0. The number of aliphatic hydroxyl groups is 2. The van der Waals surface area contributed by atoms with Gasteiger partial charge in [-0.05, 0) is 13.8 Å². The van der Waals surface area contributed by atoms with Crippen molar-refractivity contribution in [1.29, 1.82) is 0 Å². The van der Waals surface area contributed by atoms with E-state index in [0.717, 1.165) is 0 Å². The number of rotatable bonds is 7. The zero-order valence-electron chi connectivity index (χ0n) is 7.79. The smallest absolute Gasteiger partial charge is 0.0897 e. The van der Waals surface area contributed by atoms with Crippen LogP contribution in [0.15, 0.2) is 0 Å². The van der Waals surface area contributed by atoms with Gasteiger partial charge in [0, 0.05) is 13.1 Å². The summed E-state index contributed by atoms with van der Waals surface area (Å²) in [6.07, 6.45) is -0.337. The lowest BCUT2D eigenvalue weighted by atomic mass is 10.3. The van der Waals surface area contributed by atoms with Crippen molar-refractivity contribution in [2.24, 2.45) is 0 Å². The molecule has 0 aromatic heterocycles. The first-order valence-electron chi connectivity index (χ1n) is 4.28. The topological polar surface area (TPSA) is 61.7 Å². The third-order valence-electron chi connectivity index (χ3n) is 1.29. The molecule has 0 spiro atoms. The Bertz CT molecular complexity index is 98.3. The number of aliphatic hydroxyl groups excluding tert-OH is 2. The molecule has 1 unspecified atom stereocenters. The summed E-state index contributed by atoms with van der Waals surface area (Å²) in [6.45, 7) is 5.27. The average Bonchev–Trinajstić information content (AvgIpc) is 2.01. The zero-order chi connectivity index (χ0) is 9.40. The Morgan fingerprint density at radius 1 is 1.42 bits per heavy atom. The van der Waals surface area contributed by atoms with Crippen molar-refractivity contribution in [2.45, 2.75) is 26.1 Å². The van der Waals surface area contributed by atoms with Gasteiger partial charge in [-0.15, -0.1) is 0 Å². The monoisotopic (exact) mass is 177 g/mol. The van der Waals surface area contributed by atoms with Gasteiger partial charge in [-0.3, -0.25) is 0 Å². The first-order valence-corrected chi connectivity index (χ1v) is 4.28. The molecule has 0 aromatic carbocycles. The average molecular weight is 177 g/mol. The predicted octanol–water partition coefficient (Wildman–Crippen LogP) is -0.646. The Hall–Kier alpha value is -0.160. The van der Waals surface area contributed by atoms with Crippen molar-refractivity contribution in [1.82, 2.24) is 5.32 Å². The Balaban J connectivity index is 3.15. The van der Waals surface area contributed by atoms with Crippen LogP contribution in [0.5, 0.6) is 0 Å². The third kappa shape index (κ3) is 7.94. The van der Waals surface area contributed by atoms with Crippen molar-refractivity contribution in [3.05, 3.63) is 0 Å². The van der Waals surface area contributed by atoms with E-state index in [1.165, 1.54) is 0 Å². The highest BCUT2D eigenvalue weighted by Gasteiger charge is 2.03. The van der Waals surface area contributed by atoms with Crippen LogP contribution in [0.25, 0.3) is 0 Å². The van der Waals surface area contributed by atoms with Gasteiger partial charge in [-0.25, -0.2) is 0 Å². The second kappa shape index (κ2) is 7.49. The first kappa shape index (κ1) is 11.8. The van der Waals surface area contributed by atoms with Gasteiger partial charge in [0.25, 0.3) is 0 Å². The van der Waals surface area contributed by atoms with Gasteiger partial charge in [0.1, 0.15) is 0 Å². The molecule has 4 nitrogen and oxygen atoms in total. The minimum atomic E-state index is -0.487. The fourth-order valence-electron chi connectivity index (χ4n) is 0.710. The van der Waals surface area contributed by atoms with E-state index in [2.05, 4.69) is 5.32 Å². The molecule has 1 atom stereocenters. The first-order chi connectivity index (χ1) is 5.66. The summed E-state index contributed by atoms with van der Waals surface area (Å²) >= 11 is 0. The molecule has 0 radical (unpaired) electrons. The molecule has 0 amide bonds. The molecule has 0 aliphatic carbocycles. The van der Waals surface area contributed by atoms with E-state index in [0.29, 0.717) is 19.7 Å². The summed E-state index contributed by atoms with van der Waals surface area (Å²) in [4.78, 5) is 0. The van der Waals surface area contributed by atoms with Gasteiger partial charge in [0.2, 0.25) is 0 Å². The van der Waals surface area contributed by atoms with Gasteiger partial charge in [-0.1, -0.05) is 0 Å². The number of hydrogen-bond donors (Lipinski definition) is 3. The van der Waals surface area contributed by atoms with Crippen molar-refractivity contribution in [3.63, 3.8) is 0 Å². The maximum Gasteiger partial charge on any atom is 0.0897 e. The fraction of sp³-hybridized carbons (Fsp3) is 1.00. The van der Waals surface area contributed by atoms with Crippen molar-refractivity contribution in [3.8, 4) is 0 Å². The molecule has 74 valence electrons. The Morgan fingerprint density at radius 3 is 2.58 bits per heavy atom. The van der Waals surface area contributed by atoms with E-state index < -0.39 is 6.10 Å². The van der Waals surface area contributed by atoms with Crippen LogP contribution in [-0.2, 0) is 4.74 Å². The maximum absolute atomic E-state index is 9.26. The Morgan fingerprint density at radius 2 is 2.08 bits per heavy atom. The second-order valence-corrected chi connectivity index (χ2v) is 2.96. The third-order valence-corrected chi connectivity index (χ3v) is 1.29. The van der Waals surface area contributed by atoms with Crippen LogP contribution in [0.3, 0.4) is 0 Å². The summed E-state index contributed by atoms with van der Waals surface area (Å²) < 4.78 is 5.18. The Labute approximate surface area is 73.5 Å². The van der Waals surface area contributed by atoms with E-state index >= 15 is 0 Å². The minimum Gasteiger partial charge on any atom is -0.395 e. The minimum absolute atomic E-state index is 0.0950. The van der Waals surface area contributed by atoms with Crippen LogP contribution >= 0.6 is 0 Å². The number of ether oxygens (including phenoxy) is 1. The number of hydrogen-bond acceptors (Lipinski definition) is 4. The fourth-order valence-corrected chi connectivity index (χ4v) is 0.710. The molecule has 0 bridgehead atoms. The Kier molecular flexibility index (Phi) is 7.39. The van der Waals surface area contributed by atoms with Gasteiger partial charge < -0.3 is 20.3 Å².